The molecule has 0 saturated carbocycles. The van der Waals surface area contributed by atoms with Gasteiger partial charge in [0.05, 0.1) is 6.10 Å². The molecule has 2 aromatic heterocycles. The minimum atomic E-state index is -1.82. The monoisotopic (exact) mass is 390 g/mol. The van der Waals surface area contributed by atoms with Crippen molar-refractivity contribution >= 4 is 40.2 Å². The van der Waals surface area contributed by atoms with E-state index in [0.29, 0.717) is 0 Å². The van der Waals surface area contributed by atoms with Crippen LogP contribution < -0.4 is 11.3 Å². The molecule has 1 unspecified atom stereocenters. The molecule has 5 atom stereocenters. The van der Waals surface area contributed by atoms with Gasteiger partial charge in [0.25, 0.3) is 5.56 Å². The van der Waals surface area contributed by atoms with Gasteiger partial charge in [-0.3, -0.25) is 14.3 Å². The second-order valence-electron chi connectivity index (χ2n) is 5.66. The molecule has 3 heterocycles. The Balaban J connectivity index is 2.25. The highest BCUT2D eigenvalue weighted by molar-refractivity contribution is 6.32. The van der Waals surface area contributed by atoms with Gasteiger partial charge >= 0.3 is 0 Å². The smallest absolute Gasteiger partial charge is 0.264 e. The number of halogens is 3. The van der Waals surface area contributed by atoms with Crippen LogP contribution in [0.5, 0.6) is 0 Å². The third-order valence-corrected chi connectivity index (χ3v) is 4.61. The zero-order valence-electron chi connectivity index (χ0n) is 12.7. The van der Waals surface area contributed by atoms with E-state index in [1.54, 1.807) is 0 Å². The normalized spacial score (nSPS) is 30.2. The summed E-state index contributed by atoms with van der Waals surface area (Å²) in [5, 5.41) is 21.9. The van der Waals surface area contributed by atoms with Gasteiger partial charge in [-0.2, -0.15) is 4.98 Å². The van der Waals surface area contributed by atoms with Gasteiger partial charge in [0.2, 0.25) is 5.95 Å². The fourth-order valence-corrected chi connectivity index (χ4v) is 3.40. The molecular formula is C14H13Cl2FN4O4. The number of nitrogens with two attached hydrogens (primary N) is 1. The lowest BCUT2D eigenvalue weighted by Gasteiger charge is -2.25. The van der Waals surface area contributed by atoms with Gasteiger partial charge < -0.3 is 20.7 Å². The second kappa shape index (κ2) is 6.16. The largest absolute Gasteiger partial charge is 0.391 e. The maximum atomic E-state index is 14.2. The van der Waals surface area contributed by atoms with Crippen molar-refractivity contribution < 1.29 is 19.3 Å². The van der Waals surface area contributed by atoms with Crippen molar-refractivity contribution in [2.45, 2.75) is 36.3 Å². The number of nitrogens with one attached hydrogen (secondary N) is 1. The molecule has 1 saturated heterocycles. The fourth-order valence-electron chi connectivity index (χ4n) is 2.87. The van der Waals surface area contributed by atoms with Crippen molar-refractivity contribution in [2.75, 3.05) is 5.73 Å². The van der Waals surface area contributed by atoms with E-state index in [4.69, 9.17) is 33.7 Å². The summed E-state index contributed by atoms with van der Waals surface area (Å²) in [6.45, 7) is 1.39. The Labute approximate surface area is 150 Å². The van der Waals surface area contributed by atoms with Crippen LogP contribution in [0.2, 0.25) is 0 Å². The summed E-state index contributed by atoms with van der Waals surface area (Å²) in [5.41, 5.74) is 4.58. The van der Waals surface area contributed by atoms with Gasteiger partial charge in [-0.05, 0) is 18.5 Å². The molecule has 0 bridgehead atoms. The first-order valence-electron chi connectivity index (χ1n) is 7.09. The molecule has 11 heteroatoms. The van der Waals surface area contributed by atoms with Crippen molar-refractivity contribution in [1.82, 2.24) is 14.5 Å². The van der Waals surface area contributed by atoms with Gasteiger partial charge in [-0.25, -0.2) is 4.39 Å². The average molecular weight is 391 g/mol. The molecule has 2 aromatic rings. The van der Waals surface area contributed by atoms with Crippen LogP contribution in [0, 0.1) is 17.1 Å². The molecule has 134 valence electrons. The lowest BCUT2D eigenvalue weighted by atomic mass is 9.97. The summed E-state index contributed by atoms with van der Waals surface area (Å²) in [4.78, 5) is 16.2. The van der Waals surface area contributed by atoms with Crippen molar-refractivity contribution in [1.29, 1.82) is 0 Å². The Bertz CT molecular complexity index is 950. The number of alkyl halides is 1. The summed E-state index contributed by atoms with van der Waals surface area (Å²) in [5.74, 6) is 1.28. The molecule has 1 aliphatic rings. The number of ether oxygens (including phenoxy) is 1. The van der Waals surface area contributed by atoms with Crippen LogP contribution >= 0.6 is 23.2 Å². The molecule has 8 nitrogen and oxygen atoms in total. The molecule has 5 N–H and O–H groups in total. The number of fused-ring (bicyclic) bond motifs is 1. The summed E-state index contributed by atoms with van der Waals surface area (Å²) in [6, 6.07) is 0. The first kappa shape index (κ1) is 18.0. The third kappa shape index (κ3) is 2.67. The maximum absolute atomic E-state index is 14.2. The van der Waals surface area contributed by atoms with E-state index in [2.05, 4.69) is 21.3 Å². The van der Waals surface area contributed by atoms with Crippen LogP contribution in [0.15, 0.2) is 11.0 Å². The predicted molar refractivity (Wildman–Crippen MR) is 88.5 cm³/mol. The van der Waals surface area contributed by atoms with E-state index in [1.165, 1.54) is 6.92 Å². The summed E-state index contributed by atoms with van der Waals surface area (Å²) < 4.78 is 20.9. The number of hydrogen-bond donors (Lipinski definition) is 4. The first-order chi connectivity index (χ1) is 11.7. The van der Waals surface area contributed by atoms with Crippen molar-refractivity contribution in [3.63, 3.8) is 0 Å². The van der Waals surface area contributed by atoms with E-state index in [-0.39, 0.29) is 17.0 Å². The number of nitrogens with zero attached hydrogens (tertiary/aromatic N) is 2. The number of anilines is 1. The zero-order valence-corrected chi connectivity index (χ0v) is 14.2. The van der Waals surface area contributed by atoms with Gasteiger partial charge in [-0.15, -0.1) is 0 Å². The highest BCUT2D eigenvalue weighted by Gasteiger charge is 2.57. The molecule has 0 aromatic carbocycles. The minimum Gasteiger partial charge on any atom is -0.391 e. The van der Waals surface area contributed by atoms with Crippen LogP contribution in [0.4, 0.5) is 10.3 Å². The lowest BCUT2D eigenvalue weighted by molar-refractivity contribution is -0.0752. The highest BCUT2D eigenvalue weighted by Crippen LogP contribution is 2.45. The first-order valence-corrected chi connectivity index (χ1v) is 7.85. The molecular weight excluding hydrogens is 378 g/mol. The molecule has 25 heavy (non-hydrogen) atoms. The van der Waals surface area contributed by atoms with E-state index in [1.807, 2.05) is 0 Å². The van der Waals surface area contributed by atoms with Gasteiger partial charge in [0.1, 0.15) is 17.6 Å². The van der Waals surface area contributed by atoms with Crippen LogP contribution in [-0.4, -0.2) is 47.9 Å². The molecule has 1 fully saturated rings. The highest BCUT2D eigenvalue weighted by atomic mass is 35.5. The van der Waals surface area contributed by atoms with Crippen molar-refractivity contribution in [3.8, 4) is 11.3 Å². The molecule has 0 radical (unpaired) electrons. The predicted octanol–water partition coefficient (Wildman–Crippen LogP) is 0.262. The average Bonchev–Trinajstić information content (AvgIpc) is 2.96. The van der Waals surface area contributed by atoms with Crippen LogP contribution in [-0.2, 0) is 4.74 Å². The number of aromatic nitrogens is 3. The molecule has 1 aliphatic heterocycles. The number of aromatic amines is 1. The maximum Gasteiger partial charge on any atom is 0.264 e. The number of aliphatic hydroxyl groups is 2. The fraction of sp³-hybridized carbons (Fsp3) is 0.429. The number of nitrogen functional groups attached to an aromatic ring is 1. The number of hydrogen-bond acceptors (Lipinski definition) is 6. The Morgan fingerprint density at radius 3 is 2.92 bits per heavy atom. The van der Waals surface area contributed by atoms with Crippen LogP contribution in [0.25, 0.3) is 11.0 Å². The minimum absolute atomic E-state index is 0.149. The Hall–Kier alpha value is -1.83. The second-order valence-corrected chi connectivity index (χ2v) is 6.47. The topological polar surface area (TPSA) is 126 Å². The van der Waals surface area contributed by atoms with Crippen LogP contribution in [0.3, 0.4) is 0 Å². The molecule has 3 rings (SSSR count). The third-order valence-electron chi connectivity index (χ3n) is 4.01. The zero-order chi connectivity index (χ0) is 18.5. The van der Waals surface area contributed by atoms with E-state index in [9.17, 15) is 19.4 Å². The van der Waals surface area contributed by atoms with E-state index < -0.39 is 40.8 Å². The molecule has 0 aliphatic carbocycles. The Morgan fingerprint density at radius 1 is 1.64 bits per heavy atom. The van der Waals surface area contributed by atoms with Crippen LogP contribution in [0.1, 0.15) is 13.2 Å². The van der Waals surface area contributed by atoms with Gasteiger partial charge in [0, 0.05) is 11.6 Å². The van der Waals surface area contributed by atoms with Crippen molar-refractivity contribution in [3.05, 3.63) is 22.4 Å². The lowest BCUT2D eigenvalue weighted by Crippen LogP contribution is -2.43. The summed E-state index contributed by atoms with van der Waals surface area (Å²) >= 11 is 11.9. The van der Waals surface area contributed by atoms with Gasteiger partial charge in [0.15, 0.2) is 22.6 Å². The Morgan fingerprint density at radius 2 is 2.32 bits per heavy atom. The standard InChI is InChI=1S/C14H13Cl2FN4O4/c1-5(22)8-9(23)14(16,2-3-15)12(25-8)21-4-6(17)7-10(21)19-13(18)20-11(7)24/h4-5,8-9,12,22-23H,1H3,(H3,18,19,20,24)/t5-,8-,9+,12-,14?/m1/s1. The number of rotatable bonds is 2. The van der Waals surface area contributed by atoms with E-state index >= 15 is 0 Å². The SMILES string of the molecule is C[C@@H](O)[C@H]1O[C@@H](n2cc(F)c3c(=O)[nH]c(N)nc32)C(Cl)(C#CCl)[C@H]1O. The van der Waals surface area contributed by atoms with E-state index in [0.717, 1.165) is 10.8 Å². The summed E-state index contributed by atoms with van der Waals surface area (Å²) in [7, 11) is 0. The van der Waals surface area contributed by atoms with Crippen molar-refractivity contribution in [2.24, 2.45) is 0 Å². The number of H-pyrrole nitrogens is 1. The Kier molecular flexibility index (Phi) is 4.43. The molecule has 0 spiro atoms. The molecule has 0 amide bonds. The summed E-state index contributed by atoms with van der Waals surface area (Å²) in [6.07, 6.45) is -4.05. The number of aliphatic hydroxyl groups excluding tert-OH is 2. The quantitative estimate of drug-likeness (QED) is 0.430. The van der Waals surface area contributed by atoms with Gasteiger partial charge in [-0.1, -0.05) is 17.5 Å².